The molecule has 9 nitrogen and oxygen atoms in total. The largest absolute Gasteiger partial charge is 0.481 e. The van der Waals surface area contributed by atoms with Crippen LogP contribution in [0.15, 0.2) is 18.2 Å². The van der Waals surface area contributed by atoms with Crippen molar-refractivity contribution in [2.45, 2.75) is 19.8 Å². The van der Waals surface area contributed by atoms with Gasteiger partial charge in [0.15, 0.2) is 5.69 Å². The second kappa shape index (κ2) is 6.86. The summed E-state index contributed by atoms with van der Waals surface area (Å²) in [7, 11) is 0. The third-order valence-corrected chi connectivity index (χ3v) is 3.47. The number of nitro benzene ring substituents is 1. The monoisotopic (exact) mass is 320 g/mol. The van der Waals surface area contributed by atoms with E-state index in [4.69, 9.17) is 5.11 Å². The quantitative estimate of drug-likeness (QED) is 0.524. The van der Waals surface area contributed by atoms with E-state index in [0.29, 0.717) is 23.7 Å². The summed E-state index contributed by atoms with van der Waals surface area (Å²) in [6.07, 6.45) is 1.13. The summed E-state index contributed by atoms with van der Waals surface area (Å²) in [6.45, 7) is 1.84. The van der Waals surface area contributed by atoms with Crippen LogP contribution in [0.3, 0.4) is 0 Å². The van der Waals surface area contributed by atoms with Crippen molar-refractivity contribution in [2.24, 2.45) is 5.92 Å². The predicted octanol–water partition coefficient (Wildman–Crippen LogP) is 1.70. The Balaban J connectivity index is 2.19. The number of benzene rings is 1. The van der Waals surface area contributed by atoms with Crippen LogP contribution >= 0.6 is 0 Å². The summed E-state index contributed by atoms with van der Waals surface area (Å²) in [5, 5.41) is 29.2. The maximum Gasteiger partial charge on any atom is 0.308 e. The highest BCUT2D eigenvalue weighted by molar-refractivity contribution is 6.05. The molecule has 1 unspecified atom stereocenters. The van der Waals surface area contributed by atoms with Gasteiger partial charge in [0.25, 0.3) is 11.6 Å². The summed E-state index contributed by atoms with van der Waals surface area (Å²) >= 11 is 0. The van der Waals surface area contributed by atoms with E-state index in [-0.39, 0.29) is 17.9 Å². The molecule has 0 aliphatic carbocycles. The number of hydrogen-bond acceptors (Lipinski definition) is 5. The molecule has 0 aliphatic rings. The normalized spacial score (nSPS) is 12.0. The van der Waals surface area contributed by atoms with Gasteiger partial charge in [0.1, 0.15) is 0 Å². The molecule has 0 spiro atoms. The number of amides is 1. The third kappa shape index (κ3) is 3.62. The van der Waals surface area contributed by atoms with Crippen LogP contribution in [0.2, 0.25) is 0 Å². The highest BCUT2D eigenvalue weighted by atomic mass is 16.6. The highest BCUT2D eigenvalue weighted by Crippen LogP contribution is 2.22. The van der Waals surface area contributed by atoms with E-state index in [9.17, 15) is 19.7 Å². The number of aromatic amines is 1. The number of rotatable bonds is 7. The van der Waals surface area contributed by atoms with Crippen molar-refractivity contribution in [2.75, 3.05) is 6.54 Å². The lowest BCUT2D eigenvalue weighted by Gasteiger charge is -2.11. The zero-order chi connectivity index (χ0) is 17.0. The number of fused-ring (bicyclic) bond motifs is 1. The van der Waals surface area contributed by atoms with Crippen molar-refractivity contribution in [3.63, 3.8) is 0 Å². The molecule has 3 N–H and O–H groups in total. The van der Waals surface area contributed by atoms with E-state index in [0.717, 1.165) is 0 Å². The number of H-pyrrole nitrogens is 1. The Hall–Kier alpha value is -2.97. The highest BCUT2D eigenvalue weighted by Gasteiger charge is 2.21. The lowest BCUT2D eigenvalue weighted by molar-refractivity contribution is -0.384. The number of nitro groups is 1. The number of carbonyl (C=O) groups is 2. The van der Waals surface area contributed by atoms with E-state index in [1.54, 1.807) is 0 Å². The van der Waals surface area contributed by atoms with Crippen LogP contribution in [-0.4, -0.2) is 38.6 Å². The number of aromatic nitrogens is 2. The summed E-state index contributed by atoms with van der Waals surface area (Å²) in [5.41, 5.74) is 0.343. The van der Waals surface area contributed by atoms with Crippen molar-refractivity contribution in [3.05, 3.63) is 34.0 Å². The number of hydrogen-bond donors (Lipinski definition) is 3. The number of aliphatic carboxylic acids is 1. The minimum absolute atomic E-state index is 0.00402. The average molecular weight is 320 g/mol. The van der Waals surface area contributed by atoms with Gasteiger partial charge in [-0.15, -0.1) is 0 Å². The summed E-state index contributed by atoms with van der Waals surface area (Å²) in [4.78, 5) is 33.5. The van der Waals surface area contributed by atoms with Crippen molar-refractivity contribution in [1.29, 1.82) is 0 Å². The summed E-state index contributed by atoms with van der Waals surface area (Å²) < 4.78 is 0. The maximum absolute atomic E-state index is 12.2. The molecule has 1 aromatic heterocycles. The van der Waals surface area contributed by atoms with E-state index in [1.165, 1.54) is 18.2 Å². The first kappa shape index (κ1) is 16.4. The molecule has 1 heterocycles. The first-order chi connectivity index (χ1) is 10.9. The third-order valence-electron chi connectivity index (χ3n) is 3.47. The molecule has 2 aromatic rings. The van der Waals surface area contributed by atoms with Gasteiger partial charge in [0, 0.05) is 24.1 Å². The number of nitrogens with zero attached hydrogens (tertiary/aromatic N) is 2. The lowest BCUT2D eigenvalue weighted by atomic mass is 10.0. The van der Waals surface area contributed by atoms with E-state index < -0.39 is 22.7 Å². The van der Waals surface area contributed by atoms with Crippen LogP contribution in [0.4, 0.5) is 5.69 Å². The van der Waals surface area contributed by atoms with Crippen molar-refractivity contribution in [1.82, 2.24) is 15.5 Å². The molecule has 1 amide bonds. The van der Waals surface area contributed by atoms with Crippen LogP contribution in [0, 0.1) is 16.0 Å². The maximum atomic E-state index is 12.2. The van der Waals surface area contributed by atoms with Crippen molar-refractivity contribution < 1.29 is 19.6 Å². The van der Waals surface area contributed by atoms with Crippen molar-refractivity contribution >= 4 is 28.5 Å². The van der Waals surface area contributed by atoms with Gasteiger partial charge in [0.05, 0.1) is 16.4 Å². The Morgan fingerprint density at radius 1 is 1.48 bits per heavy atom. The molecular formula is C14H16N4O5. The van der Waals surface area contributed by atoms with Gasteiger partial charge in [-0.1, -0.05) is 13.3 Å². The number of carbonyl (C=O) groups excluding carboxylic acids is 1. The minimum atomic E-state index is -0.977. The molecule has 23 heavy (non-hydrogen) atoms. The van der Waals surface area contributed by atoms with Gasteiger partial charge in [-0.2, -0.15) is 5.10 Å². The molecule has 2 rings (SSSR count). The van der Waals surface area contributed by atoms with Gasteiger partial charge < -0.3 is 10.4 Å². The minimum Gasteiger partial charge on any atom is -0.481 e. The van der Waals surface area contributed by atoms with E-state index in [1.807, 2.05) is 6.92 Å². The zero-order valence-electron chi connectivity index (χ0n) is 12.4. The lowest BCUT2D eigenvalue weighted by Crippen LogP contribution is -2.33. The molecule has 0 saturated heterocycles. The first-order valence-corrected chi connectivity index (χ1v) is 7.07. The first-order valence-electron chi connectivity index (χ1n) is 7.07. The molecule has 122 valence electrons. The summed E-state index contributed by atoms with van der Waals surface area (Å²) in [5.74, 6) is -2.22. The Morgan fingerprint density at radius 2 is 2.22 bits per heavy atom. The molecule has 1 atom stereocenters. The second-order valence-corrected chi connectivity index (χ2v) is 5.09. The molecule has 0 radical (unpaired) electrons. The Labute approximate surface area is 130 Å². The number of carboxylic acid groups (broad SMARTS) is 1. The molecule has 0 bridgehead atoms. The second-order valence-electron chi connectivity index (χ2n) is 5.09. The van der Waals surface area contributed by atoms with Crippen LogP contribution in [0.25, 0.3) is 10.9 Å². The average Bonchev–Trinajstić information content (AvgIpc) is 2.93. The van der Waals surface area contributed by atoms with E-state index >= 15 is 0 Å². The summed E-state index contributed by atoms with van der Waals surface area (Å²) in [6, 6.07) is 4.03. The fourth-order valence-electron chi connectivity index (χ4n) is 2.25. The number of carboxylic acids is 1. The van der Waals surface area contributed by atoms with Crippen LogP contribution < -0.4 is 5.32 Å². The van der Waals surface area contributed by atoms with Gasteiger partial charge in [-0.3, -0.25) is 24.8 Å². The Morgan fingerprint density at radius 3 is 2.83 bits per heavy atom. The SMILES string of the molecule is CCCC(CNC(=O)c1n[nH]c2ccc([N+](=O)[O-])cc12)C(=O)O. The van der Waals surface area contributed by atoms with Crippen LogP contribution in [0.1, 0.15) is 30.3 Å². The zero-order valence-corrected chi connectivity index (χ0v) is 12.4. The molecular weight excluding hydrogens is 304 g/mol. The topological polar surface area (TPSA) is 138 Å². The fourth-order valence-corrected chi connectivity index (χ4v) is 2.25. The molecule has 0 saturated carbocycles. The van der Waals surface area contributed by atoms with Crippen LogP contribution in [0.5, 0.6) is 0 Å². The Kier molecular flexibility index (Phi) is 4.89. The van der Waals surface area contributed by atoms with Crippen molar-refractivity contribution in [3.8, 4) is 0 Å². The number of nitrogens with one attached hydrogen (secondary N) is 2. The standard InChI is InChI=1S/C14H16N4O5/c1-2-3-8(14(20)21)7-15-13(19)12-10-6-9(18(22)23)4-5-11(10)16-17-12/h4-6,8H,2-3,7H2,1H3,(H,15,19)(H,16,17)(H,20,21). The molecule has 9 heteroatoms. The van der Waals surface area contributed by atoms with Gasteiger partial charge in [-0.05, 0) is 12.5 Å². The number of non-ortho nitro benzene ring substituents is 1. The Bertz CT molecular complexity index is 755. The molecule has 0 fully saturated rings. The predicted molar refractivity (Wildman–Crippen MR) is 81.1 cm³/mol. The van der Waals surface area contributed by atoms with Gasteiger partial charge in [0.2, 0.25) is 0 Å². The van der Waals surface area contributed by atoms with Gasteiger partial charge in [-0.25, -0.2) is 0 Å². The molecule has 1 aromatic carbocycles. The van der Waals surface area contributed by atoms with E-state index in [2.05, 4.69) is 15.5 Å². The molecule has 0 aliphatic heterocycles. The smallest absolute Gasteiger partial charge is 0.308 e. The fraction of sp³-hybridized carbons (Fsp3) is 0.357. The van der Waals surface area contributed by atoms with Crippen LogP contribution in [-0.2, 0) is 4.79 Å². The van der Waals surface area contributed by atoms with Gasteiger partial charge >= 0.3 is 5.97 Å².